The molecule has 0 heterocycles. The van der Waals surface area contributed by atoms with Gasteiger partial charge in [-0.15, -0.1) is 0 Å². The van der Waals surface area contributed by atoms with E-state index in [9.17, 15) is 14.9 Å². The van der Waals surface area contributed by atoms with E-state index in [-0.39, 0.29) is 23.1 Å². The first-order chi connectivity index (χ1) is 12.8. The summed E-state index contributed by atoms with van der Waals surface area (Å²) in [6.45, 7) is 2.14. The maximum atomic E-state index is 13.1. The zero-order valence-corrected chi connectivity index (χ0v) is 16.4. The first-order valence-corrected chi connectivity index (χ1v) is 10.0. The number of nitro benzene ring substituents is 1. The molecule has 0 spiro atoms. The molecular weight excluding hydrogens is 342 g/mol. The fraction of sp³-hybridized carbons (Fsp3) is 0.667. The van der Waals surface area contributed by atoms with Crippen LogP contribution in [0.1, 0.15) is 55.8 Å². The highest BCUT2D eigenvalue weighted by atomic mass is 16.6. The Balaban J connectivity index is 1.57. The molecular formula is C21H29N3O3. The quantitative estimate of drug-likeness (QED) is 0.627. The Morgan fingerprint density at radius 2 is 1.74 bits per heavy atom. The predicted octanol–water partition coefficient (Wildman–Crippen LogP) is 4.00. The van der Waals surface area contributed by atoms with Crippen molar-refractivity contribution in [2.24, 2.45) is 23.2 Å². The van der Waals surface area contributed by atoms with E-state index in [0.29, 0.717) is 11.3 Å². The number of nitrogens with zero attached hydrogens (tertiary/aromatic N) is 2. The van der Waals surface area contributed by atoms with Gasteiger partial charge in [0, 0.05) is 38.0 Å². The lowest BCUT2D eigenvalue weighted by Gasteiger charge is -2.59. The number of hydrogen-bond donors (Lipinski definition) is 1. The zero-order valence-electron chi connectivity index (χ0n) is 16.4. The molecule has 6 nitrogen and oxygen atoms in total. The van der Waals surface area contributed by atoms with Crippen LogP contribution in [0.25, 0.3) is 0 Å². The van der Waals surface area contributed by atoms with Crippen LogP contribution in [0, 0.1) is 33.3 Å². The molecule has 4 aliphatic rings. The molecule has 4 saturated carbocycles. The number of non-ortho nitro benzene ring substituents is 1. The number of rotatable bonds is 5. The van der Waals surface area contributed by atoms with Gasteiger partial charge in [0.25, 0.3) is 11.6 Å². The number of carbonyl (C=O) groups excluding carboxylic acids is 1. The molecule has 6 heteroatoms. The van der Waals surface area contributed by atoms with Gasteiger partial charge in [-0.25, -0.2) is 0 Å². The first-order valence-electron chi connectivity index (χ1n) is 10.0. The van der Waals surface area contributed by atoms with E-state index in [1.54, 1.807) is 6.07 Å². The second-order valence-electron chi connectivity index (χ2n) is 9.33. The molecule has 0 radical (unpaired) electrons. The minimum atomic E-state index is -0.446. The number of benzene rings is 1. The number of nitro groups is 1. The monoisotopic (exact) mass is 371 g/mol. The molecule has 5 rings (SSSR count). The molecule has 4 aliphatic carbocycles. The summed E-state index contributed by atoms with van der Waals surface area (Å²) in [6, 6.07) is 4.60. The van der Waals surface area contributed by atoms with Crippen LogP contribution in [0.3, 0.4) is 0 Å². The van der Waals surface area contributed by atoms with E-state index in [0.717, 1.165) is 17.8 Å². The van der Waals surface area contributed by atoms with Crippen LogP contribution in [0.4, 0.5) is 11.4 Å². The summed E-state index contributed by atoms with van der Waals surface area (Å²) in [5, 5.41) is 14.4. The fourth-order valence-electron chi connectivity index (χ4n) is 6.34. The molecule has 4 fully saturated rings. The van der Waals surface area contributed by atoms with Crippen molar-refractivity contribution in [3.63, 3.8) is 0 Å². The van der Waals surface area contributed by atoms with Crippen LogP contribution in [0.5, 0.6) is 0 Å². The molecule has 1 atom stereocenters. The standard InChI is InChI=1S/C21H29N3O3/c1-13(21-10-14-6-15(11-21)8-16(7-14)12-21)22-20(25)18-9-17(24(26)27)4-5-19(18)23(2)3/h4-5,9,13-16H,6-8,10-12H2,1-3H3,(H,22,25). The van der Waals surface area contributed by atoms with Gasteiger partial charge in [0.05, 0.1) is 10.5 Å². The van der Waals surface area contributed by atoms with Gasteiger partial charge in [-0.3, -0.25) is 14.9 Å². The second-order valence-corrected chi connectivity index (χ2v) is 9.33. The van der Waals surface area contributed by atoms with Gasteiger partial charge < -0.3 is 10.2 Å². The smallest absolute Gasteiger partial charge is 0.270 e. The van der Waals surface area contributed by atoms with E-state index in [1.165, 1.54) is 50.7 Å². The maximum Gasteiger partial charge on any atom is 0.270 e. The topological polar surface area (TPSA) is 75.5 Å². The summed E-state index contributed by atoms with van der Waals surface area (Å²) in [5.41, 5.74) is 1.25. The van der Waals surface area contributed by atoms with Gasteiger partial charge in [0.1, 0.15) is 0 Å². The van der Waals surface area contributed by atoms with Crippen molar-refractivity contribution in [2.45, 2.75) is 51.5 Å². The Bertz CT molecular complexity index is 739. The van der Waals surface area contributed by atoms with E-state index in [4.69, 9.17) is 0 Å². The summed E-state index contributed by atoms with van der Waals surface area (Å²) in [5.74, 6) is 2.27. The Morgan fingerprint density at radius 1 is 1.19 bits per heavy atom. The number of amides is 1. The number of hydrogen-bond acceptors (Lipinski definition) is 4. The molecule has 1 N–H and O–H groups in total. The highest BCUT2D eigenvalue weighted by Crippen LogP contribution is 2.61. The Hall–Kier alpha value is -2.11. The Labute approximate surface area is 160 Å². The summed E-state index contributed by atoms with van der Waals surface area (Å²) >= 11 is 0. The molecule has 0 aliphatic heterocycles. The first kappa shape index (κ1) is 18.3. The molecule has 1 unspecified atom stereocenters. The SMILES string of the molecule is CC(NC(=O)c1cc([N+](=O)[O-])ccc1N(C)C)C12CC3CC(CC(C3)C1)C2. The third kappa shape index (κ3) is 3.19. The van der Waals surface area contributed by atoms with Crippen LogP contribution < -0.4 is 10.2 Å². The van der Waals surface area contributed by atoms with Crippen LogP contribution in [0.15, 0.2) is 18.2 Å². The van der Waals surface area contributed by atoms with Crippen molar-refractivity contribution in [3.8, 4) is 0 Å². The highest BCUT2D eigenvalue weighted by molar-refractivity contribution is 6.00. The predicted molar refractivity (Wildman–Crippen MR) is 105 cm³/mol. The van der Waals surface area contributed by atoms with E-state index < -0.39 is 4.92 Å². The van der Waals surface area contributed by atoms with Gasteiger partial charge >= 0.3 is 0 Å². The molecule has 146 valence electrons. The van der Waals surface area contributed by atoms with Gasteiger partial charge in [0.15, 0.2) is 0 Å². The van der Waals surface area contributed by atoms with E-state index in [1.807, 2.05) is 19.0 Å². The Kier molecular flexibility index (Phi) is 4.40. The van der Waals surface area contributed by atoms with Crippen molar-refractivity contribution in [2.75, 3.05) is 19.0 Å². The van der Waals surface area contributed by atoms with Crippen molar-refractivity contribution in [3.05, 3.63) is 33.9 Å². The largest absolute Gasteiger partial charge is 0.377 e. The molecule has 0 aromatic heterocycles. The normalized spacial score (nSPS) is 32.2. The molecule has 4 bridgehead atoms. The third-order valence-corrected chi connectivity index (χ3v) is 7.27. The molecule has 1 amide bonds. The highest BCUT2D eigenvalue weighted by Gasteiger charge is 2.53. The molecule has 0 saturated heterocycles. The fourth-order valence-corrected chi connectivity index (χ4v) is 6.34. The second kappa shape index (κ2) is 6.50. The van der Waals surface area contributed by atoms with Crippen LogP contribution in [0.2, 0.25) is 0 Å². The molecule has 27 heavy (non-hydrogen) atoms. The molecule has 1 aromatic carbocycles. The average Bonchev–Trinajstić information content (AvgIpc) is 2.59. The van der Waals surface area contributed by atoms with E-state index in [2.05, 4.69) is 12.2 Å². The lowest BCUT2D eigenvalue weighted by atomic mass is 9.48. The minimum absolute atomic E-state index is 0.0480. The third-order valence-electron chi connectivity index (χ3n) is 7.27. The van der Waals surface area contributed by atoms with Crippen LogP contribution in [-0.2, 0) is 0 Å². The number of anilines is 1. The van der Waals surface area contributed by atoms with Crippen molar-refractivity contribution < 1.29 is 9.72 Å². The lowest BCUT2D eigenvalue weighted by molar-refractivity contribution is -0.384. The van der Waals surface area contributed by atoms with Crippen LogP contribution >= 0.6 is 0 Å². The van der Waals surface area contributed by atoms with Crippen molar-refractivity contribution in [1.82, 2.24) is 5.32 Å². The van der Waals surface area contributed by atoms with E-state index >= 15 is 0 Å². The van der Waals surface area contributed by atoms with Crippen molar-refractivity contribution >= 4 is 17.3 Å². The maximum absolute atomic E-state index is 13.1. The average molecular weight is 371 g/mol. The number of carbonyl (C=O) groups is 1. The van der Waals surface area contributed by atoms with Gasteiger partial charge in [0.2, 0.25) is 0 Å². The van der Waals surface area contributed by atoms with Gasteiger partial charge in [-0.1, -0.05) is 0 Å². The summed E-state index contributed by atoms with van der Waals surface area (Å²) in [7, 11) is 3.70. The van der Waals surface area contributed by atoms with Crippen LogP contribution in [-0.4, -0.2) is 31.0 Å². The van der Waals surface area contributed by atoms with Crippen molar-refractivity contribution in [1.29, 1.82) is 0 Å². The summed E-state index contributed by atoms with van der Waals surface area (Å²) in [6.07, 6.45) is 7.77. The summed E-state index contributed by atoms with van der Waals surface area (Å²) < 4.78 is 0. The lowest BCUT2D eigenvalue weighted by Crippen LogP contribution is -2.55. The van der Waals surface area contributed by atoms with Gasteiger partial charge in [-0.05, 0) is 74.7 Å². The minimum Gasteiger partial charge on any atom is -0.377 e. The summed E-state index contributed by atoms with van der Waals surface area (Å²) in [4.78, 5) is 25.6. The number of nitrogens with one attached hydrogen (secondary N) is 1. The van der Waals surface area contributed by atoms with Gasteiger partial charge in [-0.2, -0.15) is 0 Å². The Morgan fingerprint density at radius 3 is 2.22 bits per heavy atom. The zero-order chi connectivity index (χ0) is 19.3. The molecule has 1 aromatic rings.